The van der Waals surface area contributed by atoms with Gasteiger partial charge in [-0.2, -0.15) is 0 Å². The Morgan fingerprint density at radius 1 is 1.00 bits per heavy atom. The number of benzene rings is 1. The maximum atomic E-state index is 12.9. The van der Waals surface area contributed by atoms with E-state index in [4.69, 9.17) is 0 Å². The van der Waals surface area contributed by atoms with E-state index in [2.05, 4.69) is 5.32 Å². The molecule has 2 aliphatic rings. The number of hydrogen-bond donors (Lipinski definition) is 1. The zero-order valence-corrected chi connectivity index (χ0v) is 16.4. The molecule has 2 amide bonds. The molecular formula is C21H26N4O3. The second kappa shape index (κ2) is 7.30. The van der Waals surface area contributed by atoms with E-state index in [9.17, 15) is 14.4 Å². The standard InChI is InChI=1S/C21H26N4O3/c1-14-18(21(28)25(23(14)2)17-6-4-3-5-7-17)22-19(26)15-10-12-24(13-11-15)20(27)16-8-9-16/h3-7,15-16H,8-13H2,1-2H3,(H,22,26). The Bertz CT molecular complexity index is 948. The van der Waals surface area contributed by atoms with E-state index in [1.165, 1.54) is 0 Å². The van der Waals surface area contributed by atoms with Crippen LogP contribution in [0.25, 0.3) is 5.69 Å². The number of rotatable bonds is 4. The Balaban J connectivity index is 1.47. The zero-order valence-electron chi connectivity index (χ0n) is 16.4. The fourth-order valence-corrected chi connectivity index (χ4v) is 3.89. The number of nitrogens with one attached hydrogen (secondary N) is 1. The van der Waals surface area contributed by atoms with Gasteiger partial charge < -0.3 is 10.2 Å². The van der Waals surface area contributed by atoms with Gasteiger partial charge in [-0.3, -0.25) is 19.1 Å². The molecule has 0 spiro atoms. The Kier molecular flexibility index (Phi) is 4.83. The fourth-order valence-electron chi connectivity index (χ4n) is 3.89. The van der Waals surface area contributed by atoms with Gasteiger partial charge >= 0.3 is 0 Å². The Morgan fingerprint density at radius 3 is 2.25 bits per heavy atom. The first-order chi connectivity index (χ1) is 13.5. The summed E-state index contributed by atoms with van der Waals surface area (Å²) in [6, 6.07) is 9.36. The van der Waals surface area contributed by atoms with Crippen molar-refractivity contribution in [1.82, 2.24) is 14.3 Å². The lowest BCUT2D eigenvalue weighted by Gasteiger charge is -2.31. The molecule has 1 aliphatic heterocycles. The summed E-state index contributed by atoms with van der Waals surface area (Å²) >= 11 is 0. The van der Waals surface area contributed by atoms with Crippen molar-refractivity contribution in [2.24, 2.45) is 18.9 Å². The predicted octanol–water partition coefficient (Wildman–Crippen LogP) is 2.07. The minimum Gasteiger partial charge on any atom is -0.342 e. The van der Waals surface area contributed by atoms with Crippen molar-refractivity contribution in [3.8, 4) is 5.69 Å². The van der Waals surface area contributed by atoms with Gasteiger partial charge in [0, 0.05) is 32.0 Å². The van der Waals surface area contributed by atoms with Crippen LogP contribution in [0.5, 0.6) is 0 Å². The number of para-hydroxylation sites is 1. The quantitative estimate of drug-likeness (QED) is 0.880. The van der Waals surface area contributed by atoms with Crippen LogP contribution in [0.15, 0.2) is 35.1 Å². The average molecular weight is 382 g/mol. The maximum absolute atomic E-state index is 12.9. The molecule has 1 aromatic carbocycles. The van der Waals surface area contributed by atoms with Crippen molar-refractivity contribution in [3.63, 3.8) is 0 Å². The van der Waals surface area contributed by atoms with Gasteiger partial charge in [-0.05, 0) is 44.7 Å². The van der Waals surface area contributed by atoms with Crippen LogP contribution in [0.3, 0.4) is 0 Å². The van der Waals surface area contributed by atoms with E-state index < -0.39 is 0 Å². The van der Waals surface area contributed by atoms with Gasteiger partial charge in [-0.1, -0.05) is 18.2 Å². The highest BCUT2D eigenvalue weighted by molar-refractivity contribution is 5.93. The molecular weight excluding hydrogens is 356 g/mol. The number of anilines is 1. The minimum absolute atomic E-state index is 0.135. The van der Waals surface area contributed by atoms with Gasteiger partial charge in [-0.25, -0.2) is 4.68 Å². The number of aromatic nitrogens is 2. The van der Waals surface area contributed by atoms with Crippen molar-refractivity contribution in [2.75, 3.05) is 18.4 Å². The fraction of sp³-hybridized carbons (Fsp3) is 0.476. The number of nitrogens with zero attached hydrogens (tertiary/aromatic N) is 3. The van der Waals surface area contributed by atoms with Crippen LogP contribution < -0.4 is 10.9 Å². The zero-order chi connectivity index (χ0) is 19.8. The summed E-state index contributed by atoms with van der Waals surface area (Å²) in [5.41, 5.74) is 1.56. The highest BCUT2D eigenvalue weighted by Crippen LogP contribution is 2.32. The molecule has 2 heterocycles. The summed E-state index contributed by atoms with van der Waals surface area (Å²) in [6.45, 7) is 3.07. The topological polar surface area (TPSA) is 76.3 Å². The SMILES string of the molecule is Cc1c(NC(=O)C2CCN(C(=O)C3CC3)CC2)c(=O)n(-c2ccccc2)n1C. The monoisotopic (exact) mass is 382 g/mol. The molecule has 1 saturated carbocycles. The molecule has 148 valence electrons. The molecule has 0 atom stereocenters. The Morgan fingerprint density at radius 2 is 1.64 bits per heavy atom. The molecule has 0 radical (unpaired) electrons. The molecule has 1 aromatic heterocycles. The normalized spacial score (nSPS) is 17.6. The van der Waals surface area contributed by atoms with Crippen LogP contribution in [0.4, 0.5) is 5.69 Å². The second-order valence-corrected chi connectivity index (χ2v) is 7.80. The predicted molar refractivity (Wildman–Crippen MR) is 106 cm³/mol. The summed E-state index contributed by atoms with van der Waals surface area (Å²) in [4.78, 5) is 39.8. The molecule has 1 aliphatic carbocycles. The number of amides is 2. The van der Waals surface area contributed by atoms with E-state index in [0.29, 0.717) is 37.3 Å². The summed E-state index contributed by atoms with van der Waals surface area (Å²) in [7, 11) is 1.81. The van der Waals surface area contributed by atoms with Gasteiger partial charge in [-0.15, -0.1) is 0 Å². The van der Waals surface area contributed by atoms with E-state index in [0.717, 1.165) is 18.5 Å². The summed E-state index contributed by atoms with van der Waals surface area (Å²) in [6.07, 6.45) is 3.28. The molecule has 7 nitrogen and oxygen atoms in total. The first kappa shape index (κ1) is 18.5. The lowest BCUT2D eigenvalue weighted by Crippen LogP contribution is -2.42. The molecule has 1 saturated heterocycles. The van der Waals surface area contributed by atoms with Crippen LogP contribution in [-0.2, 0) is 16.6 Å². The van der Waals surface area contributed by atoms with E-state index in [1.807, 2.05) is 42.2 Å². The molecule has 7 heteroatoms. The van der Waals surface area contributed by atoms with E-state index >= 15 is 0 Å². The lowest BCUT2D eigenvalue weighted by atomic mass is 9.95. The van der Waals surface area contributed by atoms with E-state index in [-0.39, 0.29) is 29.2 Å². The third kappa shape index (κ3) is 3.37. The molecule has 0 bridgehead atoms. The van der Waals surface area contributed by atoms with Gasteiger partial charge in [0.15, 0.2) is 0 Å². The van der Waals surface area contributed by atoms with Gasteiger partial charge in [0.05, 0.1) is 11.4 Å². The number of carbonyl (C=O) groups is 2. The second-order valence-electron chi connectivity index (χ2n) is 7.80. The first-order valence-corrected chi connectivity index (χ1v) is 9.91. The Hall–Kier alpha value is -2.83. The summed E-state index contributed by atoms with van der Waals surface area (Å²) < 4.78 is 3.31. The van der Waals surface area contributed by atoms with Crippen LogP contribution in [-0.4, -0.2) is 39.2 Å². The third-order valence-electron chi connectivity index (χ3n) is 5.91. The smallest absolute Gasteiger partial charge is 0.295 e. The lowest BCUT2D eigenvalue weighted by molar-refractivity contribution is -0.135. The van der Waals surface area contributed by atoms with Crippen molar-refractivity contribution < 1.29 is 9.59 Å². The van der Waals surface area contributed by atoms with Crippen molar-refractivity contribution in [2.45, 2.75) is 32.6 Å². The third-order valence-corrected chi connectivity index (χ3v) is 5.91. The van der Waals surface area contributed by atoms with Crippen LogP contribution in [0, 0.1) is 18.8 Å². The molecule has 4 rings (SSSR count). The van der Waals surface area contributed by atoms with Gasteiger partial charge in [0.1, 0.15) is 5.69 Å². The average Bonchev–Trinajstić information content (AvgIpc) is 3.54. The van der Waals surface area contributed by atoms with Gasteiger partial charge in [0.2, 0.25) is 11.8 Å². The molecule has 28 heavy (non-hydrogen) atoms. The maximum Gasteiger partial charge on any atom is 0.295 e. The van der Waals surface area contributed by atoms with Crippen molar-refractivity contribution >= 4 is 17.5 Å². The van der Waals surface area contributed by atoms with Gasteiger partial charge in [0.25, 0.3) is 5.56 Å². The highest BCUT2D eigenvalue weighted by Gasteiger charge is 2.36. The van der Waals surface area contributed by atoms with Crippen LogP contribution in [0.1, 0.15) is 31.4 Å². The number of likely N-dealkylation sites (tertiary alicyclic amines) is 1. The minimum atomic E-state index is -0.235. The summed E-state index contributed by atoms with van der Waals surface area (Å²) in [5.74, 6) is 0.147. The number of hydrogen-bond acceptors (Lipinski definition) is 3. The summed E-state index contributed by atoms with van der Waals surface area (Å²) in [5, 5.41) is 2.86. The Labute approximate surface area is 163 Å². The number of piperidine rings is 1. The van der Waals surface area contributed by atoms with Crippen LogP contribution in [0.2, 0.25) is 0 Å². The van der Waals surface area contributed by atoms with E-state index in [1.54, 1.807) is 16.4 Å². The first-order valence-electron chi connectivity index (χ1n) is 9.91. The molecule has 2 aromatic rings. The molecule has 1 N–H and O–H groups in total. The van der Waals surface area contributed by atoms with Crippen molar-refractivity contribution in [3.05, 3.63) is 46.4 Å². The molecule has 0 unspecified atom stereocenters. The van der Waals surface area contributed by atoms with Crippen LogP contribution >= 0.6 is 0 Å². The number of carbonyl (C=O) groups excluding carboxylic acids is 2. The van der Waals surface area contributed by atoms with Crippen molar-refractivity contribution in [1.29, 1.82) is 0 Å². The largest absolute Gasteiger partial charge is 0.342 e. The molecule has 2 fully saturated rings. The highest BCUT2D eigenvalue weighted by atomic mass is 16.2.